The Morgan fingerprint density at radius 1 is 1.44 bits per heavy atom. The first-order valence-corrected chi connectivity index (χ1v) is 6.86. The number of rotatable bonds is 7. The monoisotopic (exact) mass is 242 g/mol. The highest BCUT2D eigenvalue weighted by atomic mass is 32.1. The average molecular weight is 242 g/mol. The van der Waals surface area contributed by atoms with E-state index in [1.54, 1.807) is 11.3 Å². The van der Waals surface area contributed by atoms with Crippen molar-refractivity contribution in [1.82, 2.24) is 10.3 Å². The smallest absolute Gasteiger partial charge is 0.0794 e. The number of thiazole rings is 1. The van der Waals surface area contributed by atoms with Crippen LogP contribution in [-0.4, -0.2) is 22.7 Å². The molecule has 2 unspecified atom stereocenters. The van der Waals surface area contributed by atoms with Crippen LogP contribution in [0, 0.1) is 5.92 Å². The molecule has 2 atom stereocenters. The Morgan fingerprint density at radius 3 is 2.62 bits per heavy atom. The molecule has 0 aliphatic heterocycles. The molecule has 0 amide bonds. The lowest BCUT2D eigenvalue weighted by molar-refractivity contribution is 0.0990. The molecule has 0 aliphatic carbocycles. The number of nitrogens with one attached hydrogen (secondary N) is 1. The van der Waals surface area contributed by atoms with Crippen LogP contribution in [0.4, 0.5) is 0 Å². The highest BCUT2D eigenvalue weighted by Gasteiger charge is 2.16. The minimum absolute atomic E-state index is 0.245. The van der Waals surface area contributed by atoms with Crippen LogP contribution < -0.4 is 5.32 Å². The average Bonchev–Trinajstić information content (AvgIpc) is 2.81. The van der Waals surface area contributed by atoms with Crippen LogP contribution in [0.1, 0.15) is 44.5 Å². The van der Waals surface area contributed by atoms with E-state index in [-0.39, 0.29) is 12.1 Å². The van der Waals surface area contributed by atoms with Crippen LogP contribution >= 0.6 is 11.3 Å². The van der Waals surface area contributed by atoms with Crippen LogP contribution in [0.2, 0.25) is 0 Å². The fraction of sp³-hybridized carbons (Fsp3) is 0.750. The second-order valence-electron chi connectivity index (χ2n) is 4.18. The summed E-state index contributed by atoms with van der Waals surface area (Å²) >= 11 is 1.65. The molecule has 1 aromatic rings. The van der Waals surface area contributed by atoms with Crippen molar-refractivity contribution in [2.45, 2.75) is 45.8 Å². The Hall–Kier alpha value is -0.450. The van der Waals surface area contributed by atoms with Gasteiger partial charge in [-0.2, -0.15) is 0 Å². The summed E-state index contributed by atoms with van der Waals surface area (Å²) in [4.78, 5) is 5.27. The quantitative estimate of drug-likeness (QED) is 0.772. The summed E-state index contributed by atoms with van der Waals surface area (Å²) in [7, 11) is 0. The Balaban J connectivity index is 2.34. The van der Waals surface area contributed by atoms with Crippen LogP contribution in [0.25, 0.3) is 0 Å². The van der Waals surface area contributed by atoms with Gasteiger partial charge in [-0.05, 0) is 12.8 Å². The number of hydrogen-bond acceptors (Lipinski definition) is 4. The van der Waals surface area contributed by atoms with Gasteiger partial charge in [0.2, 0.25) is 0 Å². The van der Waals surface area contributed by atoms with Gasteiger partial charge in [0.25, 0.3) is 0 Å². The first-order chi connectivity index (χ1) is 7.69. The fourth-order valence-corrected chi connectivity index (χ4v) is 2.49. The van der Waals surface area contributed by atoms with Gasteiger partial charge in [-0.25, -0.2) is 0 Å². The second kappa shape index (κ2) is 6.99. The molecule has 0 bridgehead atoms. The van der Waals surface area contributed by atoms with Crippen molar-refractivity contribution in [3.63, 3.8) is 0 Å². The van der Waals surface area contributed by atoms with E-state index in [0.29, 0.717) is 12.5 Å². The molecule has 0 saturated heterocycles. The number of nitrogens with zero attached hydrogens (tertiary/aromatic N) is 1. The largest absolute Gasteiger partial charge is 0.392 e. The molecule has 0 aliphatic rings. The summed E-state index contributed by atoms with van der Waals surface area (Å²) in [5.74, 6) is 0.404. The SMILES string of the molecule is CCC(CC)C(O)CNC(C)c1cncs1. The molecule has 0 saturated carbocycles. The standard InChI is InChI=1S/C12H22N2OS/c1-4-10(5-2)11(15)6-14-9(3)12-7-13-8-16-12/h7-11,14-15H,4-6H2,1-3H3. The Kier molecular flexibility index (Phi) is 5.95. The third-order valence-electron chi connectivity index (χ3n) is 3.10. The minimum atomic E-state index is -0.245. The third-order valence-corrected chi connectivity index (χ3v) is 4.06. The van der Waals surface area contributed by atoms with Crippen molar-refractivity contribution < 1.29 is 5.11 Å². The van der Waals surface area contributed by atoms with E-state index in [1.807, 2.05) is 11.7 Å². The number of aliphatic hydroxyl groups is 1. The molecule has 16 heavy (non-hydrogen) atoms. The molecule has 4 heteroatoms. The molecule has 0 spiro atoms. The maximum atomic E-state index is 9.98. The van der Waals surface area contributed by atoms with Gasteiger partial charge in [0.05, 0.1) is 11.6 Å². The topological polar surface area (TPSA) is 45.1 Å². The lowest BCUT2D eigenvalue weighted by atomic mass is 9.96. The van der Waals surface area contributed by atoms with Crippen molar-refractivity contribution >= 4 is 11.3 Å². The van der Waals surface area contributed by atoms with E-state index in [0.717, 1.165) is 12.8 Å². The predicted molar refractivity (Wildman–Crippen MR) is 68.6 cm³/mol. The Bertz CT molecular complexity index is 273. The van der Waals surface area contributed by atoms with Crippen LogP contribution in [0.15, 0.2) is 11.7 Å². The number of aromatic nitrogens is 1. The van der Waals surface area contributed by atoms with Crippen molar-refractivity contribution in [1.29, 1.82) is 0 Å². The highest BCUT2D eigenvalue weighted by molar-refractivity contribution is 7.09. The molecule has 1 rings (SSSR count). The summed E-state index contributed by atoms with van der Waals surface area (Å²) in [5.41, 5.74) is 1.84. The molecule has 0 fully saturated rings. The van der Waals surface area contributed by atoms with Gasteiger partial charge in [-0.15, -0.1) is 11.3 Å². The number of hydrogen-bond donors (Lipinski definition) is 2. The Morgan fingerprint density at radius 2 is 2.12 bits per heavy atom. The van der Waals surface area contributed by atoms with Crippen LogP contribution in [0.3, 0.4) is 0 Å². The van der Waals surface area contributed by atoms with Crippen molar-refractivity contribution in [3.05, 3.63) is 16.6 Å². The van der Waals surface area contributed by atoms with Gasteiger partial charge < -0.3 is 10.4 Å². The van der Waals surface area contributed by atoms with Crippen LogP contribution in [-0.2, 0) is 0 Å². The van der Waals surface area contributed by atoms with Gasteiger partial charge >= 0.3 is 0 Å². The first kappa shape index (κ1) is 13.6. The summed E-state index contributed by atoms with van der Waals surface area (Å²) < 4.78 is 0. The molecule has 1 aromatic heterocycles. The van der Waals surface area contributed by atoms with Gasteiger partial charge in [-0.1, -0.05) is 26.7 Å². The minimum Gasteiger partial charge on any atom is -0.392 e. The molecule has 92 valence electrons. The van der Waals surface area contributed by atoms with E-state index in [1.165, 1.54) is 4.88 Å². The van der Waals surface area contributed by atoms with Gasteiger partial charge in [-0.3, -0.25) is 4.98 Å². The van der Waals surface area contributed by atoms with Gasteiger partial charge in [0, 0.05) is 23.7 Å². The maximum Gasteiger partial charge on any atom is 0.0794 e. The predicted octanol–water partition coefficient (Wildman–Crippen LogP) is 2.59. The molecule has 1 heterocycles. The first-order valence-electron chi connectivity index (χ1n) is 5.98. The molecule has 2 N–H and O–H groups in total. The third kappa shape index (κ3) is 3.85. The van der Waals surface area contributed by atoms with E-state index < -0.39 is 0 Å². The zero-order valence-corrected chi connectivity index (χ0v) is 11.1. The van der Waals surface area contributed by atoms with Crippen LogP contribution in [0.5, 0.6) is 0 Å². The van der Waals surface area contributed by atoms with E-state index in [2.05, 4.69) is 31.1 Å². The maximum absolute atomic E-state index is 9.98. The lowest BCUT2D eigenvalue weighted by Crippen LogP contribution is -2.33. The summed E-state index contributed by atoms with van der Waals surface area (Å²) in [6, 6.07) is 0.275. The Labute approximate surface area is 102 Å². The zero-order valence-electron chi connectivity index (χ0n) is 10.3. The summed E-state index contributed by atoms with van der Waals surface area (Å²) in [6.45, 7) is 7.02. The van der Waals surface area contributed by atoms with E-state index >= 15 is 0 Å². The molecule has 0 radical (unpaired) electrons. The molecule has 3 nitrogen and oxygen atoms in total. The zero-order chi connectivity index (χ0) is 12.0. The van der Waals surface area contributed by atoms with Crippen molar-refractivity contribution in [2.75, 3.05) is 6.54 Å². The highest BCUT2D eigenvalue weighted by Crippen LogP contribution is 2.17. The van der Waals surface area contributed by atoms with E-state index in [9.17, 15) is 5.11 Å². The second-order valence-corrected chi connectivity index (χ2v) is 5.10. The summed E-state index contributed by atoms with van der Waals surface area (Å²) in [5, 5.41) is 13.3. The molecular formula is C12H22N2OS. The van der Waals surface area contributed by atoms with Gasteiger partial charge in [0.15, 0.2) is 0 Å². The molecular weight excluding hydrogens is 220 g/mol. The summed E-state index contributed by atoms with van der Waals surface area (Å²) in [6.07, 6.45) is 3.71. The number of aliphatic hydroxyl groups excluding tert-OH is 1. The van der Waals surface area contributed by atoms with Crippen molar-refractivity contribution in [3.8, 4) is 0 Å². The fourth-order valence-electron chi connectivity index (χ4n) is 1.84. The van der Waals surface area contributed by atoms with Crippen molar-refractivity contribution in [2.24, 2.45) is 5.92 Å². The van der Waals surface area contributed by atoms with Gasteiger partial charge in [0.1, 0.15) is 0 Å². The normalized spacial score (nSPS) is 15.3. The molecule has 0 aromatic carbocycles. The van der Waals surface area contributed by atoms with E-state index in [4.69, 9.17) is 0 Å². The lowest BCUT2D eigenvalue weighted by Gasteiger charge is -2.22.